The molecule has 1 aliphatic heterocycles. The Labute approximate surface area is 131 Å². The highest BCUT2D eigenvalue weighted by Gasteiger charge is 2.28. The molecule has 5 heteroatoms. The summed E-state index contributed by atoms with van der Waals surface area (Å²) in [6.45, 7) is 5.48. The van der Waals surface area contributed by atoms with Gasteiger partial charge in [0.15, 0.2) is 0 Å². The quantitative estimate of drug-likeness (QED) is 0.788. The molecule has 0 unspecified atom stereocenters. The Bertz CT molecular complexity index is 500. The van der Waals surface area contributed by atoms with Crippen LogP contribution in [0, 0.1) is 6.92 Å². The summed E-state index contributed by atoms with van der Waals surface area (Å²) >= 11 is 5.95. The summed E-state index contributed by atoms with van der Waals surface area (Å²) in [7, 11) is 0. The minimum absolute atomic E-state index is 0.0773. The number of nitrogens with zero attached hydrogens (tertiary/aromatic N) is 3. The molecule has 0 bridgehead atoms. The van der Waals surface area contributed by atoms with Gasteiger partial charge in [-0.15, -0.1) is 0 Å². The predicted octanol–water partition coefficient (Wildman–Crippen LogP) is 2.74. The third-order valence-electron chi connectivity index (χ3n) is 4.61. The second-order valence-electron chi connectivity index (χ2n) is 6.09. The van der Waals surface area contributed by atoms with Crippen molar-refractivity contribution in [2.45, 2.75) is 38.6 Å². The van der Waals surface area contributed by atoms with Crippen LogP contribution in [-0.2, 0) is 0 Å². The van der Waals surface area contributed by atoms with E-state index in [2.05, 4.69) is 9.88 Å². The molecule has 4 nitrogen and oxygen atoms in total. The van der Waals surface area contributed by atoms with E-state index < -0.39 is 0 Å². The van der Waals surface area contributed by atoms with E-state index in [1.165, 1.54) is 25.7 Å². The highest BCUT2D eigenvalue weighted by atomic mass is 35.5. The minimum Gasteiger partial charge on any atom is -0.336 e. The normalized spacial score (nSPS) is 21.0. The molecule has 2 fully saturated rings. The van der Waals surface area contributed by atoms with Gasteiger partial charge in [-0.1, -0.05) is 24.4 Å². The third-order valence-corrected chi connectivity index (χ3v) is 4.81. The maximum atomic E-state index is 12.6. The number of aryl methyl sites for hydroxylation is 1. The number of amides is 1. The largest absolute Gasteiger partial charge is 0.336 e. The zero-order valence-electron chi connectivity index (χ0n) is 12.5. The number of pyridine rings is 1. The first-order valence-corrected chi connectivity index (χ1v) is 8.19. The van der Waals surface area contributed by atoms with Crippen LogP contribution in [0.15, 0.2) is 12.1 Å². The summed E-state index contributed by atoms with van der Waals surface area (Å²) in [4.78, 5) is 21.2. The third kappa shape index (κ3) is 3.38. The number of hydrogen-bond donors (Lipinski definition) is 0. The van der Waals surface area contributed by atoms with Crippen molar-refractivity contribution >= 4 is 17.5 Å². The Balaban J connectivity index is 1.62. The molecule has 0 radical (unpaired) electrons. The topological polar surface area (TPSA) is 36.4 Å². The van der Waals surface area contributed by atoms with Crippen LogP contribution in [0.25, 0.3) is 0 Å². The highest BCUT2D eigenvalue weighted by Crippen LogP contribution is 2.24. The van der Waals surface area contributed by atoms with Gasteiger partial charge in [0.2, 0.25) is 0 Å². The summed E-state index contributed by atoms with van der Waals surface area (Å²) < 4.78 is 0. The van der Waals surface area contributed by atoms with Gasteiger partial charge in [0.1, 0.15) is 5.15 Å². The van der Waals surface area contributed by atoms with Gasteiger partial charge in [0.25, 0.3) is 5.91 Å². The van der Waals surface area contributed by atoms with Crippen LogP contribution >= 0.6 is 11.6 Å². The lowest BCUT2D eigenvalue weighted by atomic mass is 10.1. The number of hydrogen-bond acceptors (Lipinski definition) is 3. The van der Waals surface area contributed by atoms with Crippen LogP contribution in [-0.4, -0.2) is 52.9 Å². The van der Waals surface area contributed by atoms with Gasteiger partial charge < -0.3 is 4.90 Å². The molecule has 1 aliphatic carbocycles. The first-order valence-electron chi connectivity index (χ1n) is 7.81. The number of rotatable bonds is 2. The van der Waals surface area contributed by atoms with E-state index in [0.29, 0.717) is 10.7 Å². The Kier molecular flexibility index (Phi) is 4.45. The van der Waals surface area contributed by atoms with Crippen molar-refractivity contribution in [1.82, 2.24) is 14.8 Å². The molecule has 0 spiro atoms. The Morgan fingerprint density at radius 2 is 1.86 bits per heavy atom. The Morgan fingerprint density at radius 1 is 1.19 bits per heavy atom. The first-order chi connectivity index (χ1) is 10.1. The van der Waals surface area contributed by atoms with E-state index in [1.807, 2.05) is 17.9 Å². The molecule has 21 heavy (non-hydrogen) atoms. The van der Waals surface area contributed by atoms with Gasteiger partial charge >= 0.3 is 0 Å². The summed E-state index contributed by atoms with van der Waals surface area (Å²) in [6.07, 6.45) is 5.37. The summed E-state index contributed by atoms with van der Waals surface area (Å²) in [5.74, 6) is 0.0773. The van der Waals surface area contributed by atoms with Gasteiger partial charge in [-0.05, 0) is 31.9 Å². The summed E-state index contributed by atoms with van der Waals surface area (Å²) in [5.41, 5.74) is 1.44. The van der Waals surface area contributed by atoms with Crippen molar-refractivity contribution in [3.8, 4) is 0 Å². The lowest BCUT2D eigenvalue weighted by Crippen LogP contribution is -2.51. The zero-order chi connectivity index (χ0) is 14.8. The molecule has 1 aromatic heterocycles. The zero-order valence-corrected chi connectivity index (χ0v) is 13.3. The molecule has 1 amide bonds. The molecular formula is C16H22ClN3O. The van der Waals surface area contributed by atoms with Crippen molar-refractivity contribution in [3.05, 3.63) is 28.5 Å². The van der Waals surface area contributed by atoms with Crippen molar-refractivity contribution < 1.29 is 4.79 Å². The predicted molar refractivity (Wildman–Crippen MR) is 83.7 cm³/mol. The molecule has 0 N–H and O–H groups in total. The fourth-order valence-electron chi connectivity index (χ4n) is 3.49. The van der Waals surface area contributed by atoms with Crippen LogP contribution in [0.2, 0.25) is 5.15 Å². The van der Waals surface area contributed by atoms with E-state index in [-0.39, 0.29) is 5.91 Å². The number of aromatic nitrogens is 1. The van der Waals surface area contributed by atoms with Crippen molar-refractivity contribution in [3.63, 3.8) is 0 Å². The highest BCUT2D eigenvalue weighted by molar-refractivity contribution is 6.29. The molecular weight excluding hydrogens is 286 g/mol. The van der Waals surface area contributed by atoms with Gasteiger partial charge in [-0.25, -0.2) is 4.98 Å². The average Bonchev–Trinajstić information content (AvgIpc) is 3.00. The second kappa shape index (κ2) is 6.32. The van der Waals surface area contributed by atoms with Crippen molar-refractivity contribution in [2.24, 2.45) is 0 Å². The first kappa shape index (κ1) is 14.8. The summed E-state index contributed by atoms with van der Waals surface area (Å²) in [6, 6.07) is 4.23. The standard InChI is InChI=1S/C16H22ClN3O/c1-12-10-13(11-15(17)18-12)16(21)20-8-6-19(7-9-20)14-4-2-3-5-14/h10-11,14H,2-9H2,1H3. The van der Waals surface area contributed by atoms with Crippen LogP contribution in [0.3, 0.4) is 0 Å². The molecule has 2 heterocycles. The van der Waals surface area contributed by atoms with Crippen molar-refractivity contribution in [1.29, 1.82) is 0 Å². The van der Waals surface area contributed by atoms with Gasteiger partial charge in [-0.2, -0.15) is 0 Å². The lowest BCUT2D eigenvalue weighted by molar-refractivity contribution is 0.0573. The van der Waals surface area contributed by atoms with Gasteiger partial charge in [0.05, 0.1) is 0 Å². The molecule has 1 saturated heterocycles. The lowest BCUT2D eigenvalue weighted by Gasteiger charge is -2.38. The van der Waals surface area contributed by atoms with E-state index in [0.717, 1.165) is 37.9 Å². The van der Waals surface area contributed by atoms with E-state index >= 15 is 0 Å². The molecule has 0 atom stereocenters. The molecule has 1 saturated carbocycles. The number of carbonyl (C=O) groups is 1. The fraction of sp³-hybridized carbons (Fsp3) is 0.625. The smallest absolute Gasteiger partial charge is 0.254 e. The number of carbonyl (C=O) groups excluding carboxylic acids is 1. The van der Waals surface area contributed by atoms with E-state index in [9.17, 15) is 4.79 Å². The van der Waals surface area contributed by atoms with Crippen molar-refractivity contribution in [2.75, 3.05) is 26.2 Å². The fourth-order valence-corrected chi connectivity index (χ4v) is 3.74. The minimum atomic E-state index is 0.0773. The number of piperazine rings is 1. The van der Waals surface area contributed by atoms with Gasteiger partial charge in [-0.3, -0.25) is 9.69 Å². The van der Waals surface area contributed by atoms with Crippen LogP contribution in [0.4, 0.5) is 0 Å². The van der Waals surface area contributed by atoms with Crippen LogP contribution in [0.5, 0.6) is 0 Å². The molecule has 3 rings (SSSR count). The Hall–Kier alpha value is -1.13. The van der Waals surface area contributed by atoms with Gasteiger partial charge in [0, 0.05) is 43.5 Å². The number of halogens is 1. The molecule has 2 aliphatic rings. The Morgan fingerprint density at radius 3 is 2.48 bits per heavy atom. The van der Waals surface area contributed by atoms with Crippen LogP contribution in [0.1, 0.15) is 41.7 Å². The molecule has 114 valence electrons. The average molecular weight is 308 g/mol. The monoisotopic (exact) mass is 307 g/mol. The summed E-state index contributed by atoms with van der Waals surface area (Å²) in [5, 5.41) is 0.392. The molecule has 1 aromatic rings. The van der Waals surface area contributed by atoms with Crippen LogP contribution < -0.4 is 0 Å². The van der Waals surface area contributed by atoms with E-state index in [4.69, 9.17) is 11.6 Å². The van der Waals surface area contributed by atoms with E-state index in [1.54, 1.807) is 6.07 Å². The maximum Gasteiger partial charge on any atom is 0.254 e. The SMILES string of the molecule is Cc1cc(C(=O)N2CCN(C3CCCC3)CC2)cc(Cl)n1. The molecule has 0 aromatic carbocycles. The maximum absolute atomic E-state index is 12.6. The second-order valence-corrected chi connectivity index (χ2v) is 6.47.